The van der Waals surface area contributed by atoms with E-state index in [1.165, 1.54) is 13.2 Å². The van der Waals surface area contributed by atoms with E-state index >= 15 is 0 Å². The maximum Gasteiger partial charge on any atom is 0.313 e. The number of nitro benzene ring substituents is 1. The van der Waals surface area contributed by atoms with E-state index in [-0.39, 0.29) is 17.2 Å². The number of hydrogen-bond acceptors (Lipinski definition) is 5. The highest BCUT2D eigenvalue weighted by molar-refractivity contribution is 5.68. The average molecular weight is 300 g/mol. The summed E-state index contributed by atoms with van der Waals surface area (Å²) in [6.07, 6.45) is 0.773. The fourth-order valence-electron chi connectivity index (χ4n) is 2.86. The van der Waals surface area contributed by atoms with Crippen molar-refractivity contribution in [1.29, 1.82) is 0 Å². The third kappa shape index (κ3) is 2.43. The zero-order chi connectivity index (χ0) is 15.7. The molecule has 6 nitrogen and oxygen atoms in total. The van der Waals surface area contributed by atoms with Gasteiger partial charge in [-0.15, -0.1) is 0 Å². The van der Waals surface area contributed by atoms with Crippen molar-refractivity contribution in [1.82, 2.24) is 0 Å². The normalized spacial score (nSPS) is 13.6. The zero-order valence-electron chi connectivity index (χ0n) is 12.2. The smallest absolute Gasteiger partial charge is 0.313 e. The van der Waals surface area contributed by atoms with Crippen LogP contribution >= 0.6 is 0 Å². The molecule has 0 saturated heterocycles. The Labute approximate surface area is 127 Å². The number of fused-ring (bicyclic) bond motifs is 1. The molecule has 0 spiro atoms. The molecule has 114 valence electrons. The van der Waals surface area contributed by atoms with E-state index < -0.39 is 4.92 Å². The van der Waals surface area contributed by atoms with Crippen LogP contribution in [0.2, 0.25) is 0 Å². The number of anilines is 1. The molecule has 2 aromatic rings. The molecule has 6 heteroatoms. The van der Waals surface area contributed by atoms with Crippen molar-refractivity contribution < 1.29 is 14.8 Å². The lowest BCUT2D eigenvalue weighted by Crippen LogP contribution is -2.30. The number of nitro groups is 1. The number of hydrogen-bond donors (Lipinski definition) is 1. The largest absolute Gasteiger partial charge is 0.508 e. The summed E-state index contributed by atoms with van der Waals surface area (Å²) < 4.78 is 5.27. The predicted octanol–water partition coefficient (Wildman–Crippen LogP) is 2.87. The molecule has 1 N–H and O–H groups in total. The van der Waals surface area contributed by atoms with Gasteiger partial charge in [0.1, 0.15) is 5.75 Å². The molecule has 0 radical (unpaired) electrons. The number of ether oxygens (including phenoxy) is 1. The highest BCUT2D eigenvalue weighted by Gasteiger charge is 2.24. The molecule has 0 bridgehead atoms. The van der Waals surface area contributed by atoms with Crippen LogP contribution in [0.15, 0.2) is 36.4 Å². The second kappa shape index (κ2) is 5.55. The highest BCUT2D eigenvalue weighted by atomic mass is 16.6. The Morgan fingerprint density at radius 2 is 2.09 bits per heavy atom. The standard InChI is InChI=1S/C16H16N2O4/c1-22-16-14(3-2-4-15(16)18(20)21)17-8-7-11-9-13(19)6-5-12(11)10-17/h2-6,9,19H,7-8,10H2,1H3. The fraction of sp³-hybridized carbons (Fsp3) is 0.250. The van der Waals surface area contributed by atoms with Crippen LogP contribution in [0, 0.1) is 10.1 Å². The molecule has 22 heavy (non-hydrogen) atoms. The summed E-state index contributed by atoms with van der Waals surface area (Å²) in [4.78, 5) is 12.8. The Morgan fingerprint density at radius 3 is 2.82 bits per heavy atom. The van der Waals surface area contributed by atoms with Crippen molar-refractivity contribution in [3.63, 3.8) is 0 Å². The first kappa shape index (κ1) is 14.2. The summed E-state index contributed by atoms with van der Waals surface area (Å²) >= 11 is 0. The second-order valence-corrected chi connectivity index (χ2v) is 5.21. The third-order valence-electron chi connectivity index (χ3n) is 3.92. The predicted molar refractivity (Wildman–Crippen MR) is 82.5 cm³/mol. The maximum atomic E-state index is 11.1. The van der Waals surface area contributed by atoms with Gasteiger partial charge in [-0.1, -0.05) is 12.1 Å². The summed E-state index contributed by atoms with van der Waals surface area (Å²) in [5, 5.41) is 20.7. The number of phenolic OH excluding ortho intramolecular Hbond substituents is 1. The minimum Gasteiger partial charge on any atom is -0.508 e. The molecule has 1 aliphatic rings. The minimum atomic E-state index is -0.432. The molecule has 0 saturated carbocycles. The van der Waals surface area contributed by atoms with Crippen LogP contribution < -0.4 is 9.64 Å². The number of aromatic hydroxyl groups is 1. The summed E-state index contributed by atoms with van der Waals surface area (Å²) in [6.45, 7) is 1.35. The third-order valence-corrected chi connectivity index (χ3v) is 3.92. The lowest BCUT2D eigenvalue weighted by atomic mass is 9.99. The van der Waals surface area contributed by atoms with Gasteiger partial charge in [0.2, 0.25) is 5.75 Å². The molecule has 3 rings (SSSR count). The lowest BCUT2D eigenvalue weighted by molar-refractivity contribution is -0.385. The number of phenols is 1. The topological polar surface area (TPSA) is 75.8 Å². The monoisotopic (exact) mass is 300 g/mol. The number of benzene rings is 2. The molecular weight excluding hydrogens is 284 g/mol. The van der Waals surface area contributed by atoms with E-state index in [0.717, 1.165) is 23.2 Å². The molecular formula is C16H16N2O4. The van der Waals surface area contributed by atoms with E-state index in [9.17, 15) is 15.2 Å². The molecule has 0 amide bonds. The first-order chi connectivity index (χ1) is 10.6. The van der Waals surface area contributed by atoms with Gasteiger partial charge >= 0.3 is 5.69 Å². The van der Waals surface area contributed by atoms with Crippen LogP contribution in [0.1, 0.15) is 11.1 Å². The Hall–Kier alpha value is -2.76. The van der Waals surface area contributed by atoms with Crippen LogP contribution in [-0.4, -0.2) is 23.7 Å². The van der Waals surface area contributed by atoms with Crippen molar-refractivity contribution in [3.8, 4) is 11.5 Å². The van der Waals surface area contributed by atoms with Gasteiger partial charge in [0, 0.05) is 19.2 Å². The highest BCUT2D eigenvalue weighted by Crippen LogP contribution is 2.39. The van der Waals surface area contributed by atoms with Crippen LogP contribution in [0.5, 0.6) is 11.5 Å². The Morgan fingerprint density at radius 1 is 1.27 bits per heavy atom. The summed E-state index contributed by atoms with van der Waals surface area (Å²) in [5.74, 6) is 0.551. The Bertz CT molecular complexity index is 730. The average Bonchev–Trinajstić information content (AvgIpc) is 2.53. The van der Waals surface area contributed by atoms with Crippen molar-refractivity contribution >= 4 is 11.4 Å². The molecule has 0 aliphatic carbocycles. The van der Waals surface area contributed by atoms with Crippen molar-refractivity contribution in [2.24, 2.45) is 0 Å². The van der Waals surface area contributed by atoms with Crippen molar-refractivity contribution in [2.45, 2.75) is 13.0 Å². The van der Waals surface area contributed by atoms with E-state index in [0.29, 0.717) is 13.1 Å². The molecule has 0 atom stereocenters. The van der Waals surface area contributed by atoms with E-state index in [4.69, 9.17) is 4.74 Å². The number of methoxy groups -OCH3 is 1. The van der Waals surface area contributed by atoms with Gasteiger partial charge in [0.15, 0.2) is 0 Å². The van der Waals surface area contributed by atoms with Gasteiger partial charge in [-0.2, -0.15) is 0 Å². The molecule has 0 aromatic heterocycles. The first-order valence-electron chi connectivity index (χ1n) is 6.97. The minimum absolute atomic E-state index is 0.0310. The van der Waals surface area contributed by atoms with Crippen LogP contribution in [0.3, 0.4) is 0 Å². The van der Waals surface area contributed by atoms with Gasteiger partial charge in [0.05, 0.1) is 17.7 Å². The number of rotatable bonds is 3. The van der Waals surface area contributed by atoms with Crippen LogP contribution in [0.25, 0.3) is 0 Å². The van der Waals surface area contributed by atoms with Crippen LogP contribution in [0.4, 0.5) is 11.4 Å². The Kier molecular flexibility index (Phi) is 3.58. The fourth-order valence-corrected chi connectivity index (χ4v) is 2.86. The lowest BCUT2D eigenvalue weighted by Gasteiger charge is -2.31. The van der Waals surface area contributed by atoms with Crippen LogP contribution in [-0.2, 0) is 13.0 Å². The number of para-hydroxylation sites is 1. The zero-order valence-corrected chi connectivity index (χ0v) is 12.2. The molecule has 1 heterocycles. The Balaban J connectivity index is 1.98. The first-order valence-corrected chi connectivity index (χ1v) is 6.97. The molecule has 1 aliphatic heterocycles. The molecule has 0 fully saturated rings. The van der Waals surface area contributed by atoms with E-state index in [1.807, 2.05) is 12.1 Å². The number of nitrogens with zero attached hydrogens (tertiary/aromatic N) is 2. The summed E-state index contributed by atoms with van der Waals surface area (Å²) in [7, 11) is 1.45. The molecule has 0 unspecified atom stereocenters. The van der Waals surface area contributed by atoms with E-state index in [2.05, 4.69) is 4.90 Å². The molecule has 2 aromatic carbocycles. The van der Waals surface area contributed by atoms with Crippen molar-refractivity contribution in [2.75, 3.05) is 18.6 Å². The van der Waals surface area contributed by atoms with Gasteiger partial charge in [-0.05, 0) is 35.7 Å². The SMILES string of the molecule is COc1c(N2CCc3cc(O)ccc3C2)cccc1[N+](=O)[O-]. The van der Waals surface area contributed by atoms with Gasteiger partial charge < -0.3 is 14.7 Å². The van der Waals surface area contributed by atoms with E-state index in [1.54, 1.807) is 18.2 Å². The van der Waals surface area contributed by atoms with Crippen molar-refractivity contribution in [3.05, 3.63) is 57.6 Å². The van der Waals surface area contributed by atoms with Gasteiger partial charge in [0.25, 0.3) is 0 Å². The quantitative estimate of drug-likeness (QED) is 0.696. The summed E-state index contributed by atoms with van der Waals surface area (Å²) in [5.41, 5.74) is 2.91. The summed E-state index contributed by atoms with van der Waals surface area (Å²) in [6, 6.07) is 10.3. The van der Waals surface area contributed by atoms with Gasteiger partial charge in [-0.25, -0.2) is 0 Å². The van der Waals surface area contributed by atoms with Gasteiger partial charge in [-0.3, -0.25) is 10.1 Å². The second-order valence-electron chi connectivity index (χ2n) is 5.21. The maximum absolute atomic E-state index is 11.1.